The van der Waals surface area contributed by atoms with E-state index in [0.717, 1.165) is 0 Å². The summed E-state index contributed by atoms with van der Waals surface area (Å²) in [7, 11) is 1.57. The van der Waals surface area contributed by atoms with Crippen molar-refractivity contribution < 1.29 is 14.3 Å². The first-order chi connectivity index (χ1) is 12.8. The van der Waals surface area contributed by atoms with Gasteiger partial charge in [0.25, 0.3) is 11.8 Å². The van der Waals surface area contributed by atoms with Crippen LogP contribution in [0.4, 0.5) is 5.69 Å². The average molecular weight is 405 g/mol. The number of amides is 2. The van der Waals surface area contributed by atoms with Gasteiger partial charge in [-0.15, -0.1) is 0 Å². The van der Waals surface area contributed by atoms with Gasteiger partial charge in [0, 0.05) is 22.3 Å². The van der Waals surface area contributed by atoms with Crippen molar-refractivity contribution in [2.45, 2.75) is 19.9 Å². The number of hydrogen-bond donors (Lipinski definition) is 1. The Labute approximate surface area is 167 Å². The second kappa shape index (κ2) is 7.62. The maximum absolute atomic E-state index is 13.0. The lowest BCUT2D eigenvalue weighted by Crippen LogP contribution is -2.38. The predicted molar refractivity (Wildman–Crippen MR) is 107 cm³/mol. The summed E-state index contributed by atoms with van der Waals surface area (Å²) in [5.74, 6) is -0.102. The van der Waals surface area contributed by atoms with Crippen molar-refractivity contribution >= 4 is 46.3 Å². The summed E-state index contributed by atoms with van der Waals surface area (Å²) in [4.78, 5) is 27.1. The molecule has 0 atom stereocenters. The molecule has 0 saturated carbocycles. The summed E-state index contributed by atoms with van der Waals surface area (Å²) in [6.07, 6.45) is 0. The first-order valence-electron chi connectivity index (χ1n) is 8.32. The minimum atomic E-state index is -0.396. The van der Waals surface area contributed by atoms with E-state index in [9.17, 15) is 9.59 Å². The number of hydrogen-bond acceptors (Lipinski definition) is 4. The van der Waals surface area contributed by atoms with Crippen LogP contribution in [0.2, 0.25) is 10.0 Å². The Morgan fingerprint density at radius 3 is 2.22 bits per heavy atom. The highest BCUT2D eigenvalue weighted by atomic mass is 35.5. The summed E-state index contributed by atoms with van der Waals surface area (Å²) in [5.41, 5.74) is 1.52. The van der Waals surface area contributed by atoms with Crippen LogP contribution in [0, 0.1) is 0 Å². The highest BCUT2D eigenvalue weighted by Gasteiger charge is 2.41. The third kappa shape index (κ3) is 3.66. The van der Waals surface area contributed by atoms with E-state index in [1.165, 1.54) is 4.90 Å². The van der Waals surface area contributed by atoms with Crippen LogP contribution in [-0.2, 0) is 9.59 Å². The minimum Gasteiger partial charge on any atom is -0.497 e. The van der Waals surface area contributed by atoms with Crippen LogP contribution in [-0.4, -0.2) is 29.9 Å². The van der Waals surface area contributed by atoms with Gasteiger partial charge < -0.3 is 10.1 Å². The van der Waals surface area contributed by atoms with Gasteiger partial charge in [-0.1, -0.05) is 29.3 Å². The smallest absolute Gasteiger partial charge is 0.278 e. The van der Waals surface area contributed by atoms with Crippen LogP contribution in [0.3, 0.4) is 0 Å². The predicted octanol–water partition coefficient (Wildman–Crippen LogP) is 4.60. The first-order valence-corrected chi connectivity index (χ1v) is 9.07. The van der Waals surface area contributed by atoms with Gasteiger partial charge in [0.2, 0.25) is 0 Å². The normalized spacial score (nSPS) is 14.4. The van der Waals surface area contributed by atoms with Crippen LogP contribution in [0.5, 0.6) is 5.75 Å². The van der Waals surface area contributed by atoms with E-state index in [1.807, 2.05) is 0 Å². The number of ether oxygens (including phenoxy) is 1. The van der Waals surface area contributed by atoms with Crippen molar-refractivity contribution in [2.75, 3.05) is 12.4 Å². The fourth-order valence-electron chi connectivity index (χ4n) is 2.89. The van der Waals surface area contributed by atoms with Crippen molar-refractivity contribution in [1.82, 2.24) is 4.90 Å². The van der Waals surface area contributed by atoms with Crippen LogP contribution in [0.1, 0.15) is 19.4 Å². The van der Waals surface area contributed by atoms with Crippen LogP contribution in [0.25, 0.3) is 5.57 Å². The number of carbonyl (C=O) groups excluding carboxylic acids is 2. The monoisotopic (exact) mass is 404 g/mol. The third-order valence-electron chi connectivity index (χ3n) is 4.19. The number of rotatable bonds is 5. The number of nitrogens with one attached hydrogen (secondary N) is 1. The lowest BCUT2D eigenvalue weighted by atomic mass is 10.0. The zero-order valence-corrected chi connectivity index (χ0v) is 16.6. The zero-order chi connectivity index (χ0) is 19.7. The van der Waals surface area contributed by atoms with E-state index in [1.54, 1.807) is 63.4 Å². The molecule has 1 heterocycles. The van der Waals surface area contributed by atoms with Gasteiger partial charge in [0.1, 0.15) is 11.4 Å². The van der Waals surface area contributed by atoms with E-state index >= 15 is 0 Å². The van der Waals surface area contributed by atoms with Crippen molar-refractivity contribution in [3.63, 3.8) is 0 Å². The Morgan fingerprint density at radius 2 is 1.67 bits per heavy atom. The van der Waals surface area contributed by atoms with E-state index in [2.05, 4.69) is 5.32 Å². The Morgan fingerprint density at radius 1 is 1.00 bits per heavy atom. The molecule has 3 rings (SSSR count). The Balaban J connectivity index is 2.10. The molecule has 1 aliphatic heterocycles. The van der Waals surface area contributed by atoms with Gasteiger partial charge in [0.15, 0.2) is 0 Å². The van der Waals surface area contributed by atoms with Crippen LogP contribution in [0.15, 0.2) is 48.2 Å². The number of anilines is 1. The minimum absolute atomic E-state index is 0.183. The molecule has 140 valence electrons. The second-order valence-electron chi connectivity index (χ2n) is 6.30. The molecule has 0 aromatic heterocycles. The number of methoxy groups -OCH3 is 1. The standard InChI is InChI=1S/C20H18Cl2N2O3/c1-11(2)24-19(25)17(15-9-4-12(21)10-16(15)22)18(20(24)26)23-13-5-7-14(27-3)8-6-13/h4-11,23H,1-3H3. The van der Waals surface area contributed by atoms with E-state index < -0.39 is 11.8 Å². The number of benzene rings is 2. The van der Waals surface area contributed by atoms with Crippen molar-refractivity contribution in [1.29, 1.82) is 0 Å². The number of carbonyl (C=O) groups is 2. The number of nitrogens with zero attached hydrogens (tertiary/aromatic N) is 1. The molecule has 2 aromatic carbocycles. The fourth-order valence-corrected chi connectivity index (χ4v) is 3.40. The molecular weight excluding hydrogens is 387 g/mol. The molecule has 7 heteroatoms. The summed E-state index contributed by atoms with van der Waals surface area (Å²) in [6.45, 7) is 3.57. The molecule has 0 saturated heterocycles. The fraction of sp³-hybridized carbons (Fsp3) is 0.200. The summed E-state index contributed by atoms with van der Waals surface area (Å²) < 4.78 is 5.14. The van der Waals surface area contributed by atoms with Crippen LogP contribution < -0.4 is 10.1 Å². The van der Waals surface area contributed by atoms with Gasteiger partial charge in [-0.25, -0.2) is 0 Å². The summed E-state index contributed by atoms with van der Waals surface area (Å²) >= 11 is 12.3. The molecule has 0 fully saturated rings. The molecule has 0 radical (unpaired) electrons. The molecule has 2 amide bonds. The Hall–Kier alpha value is -2.50. The molecular formula is C20H18Cl2N2O3. The molecule has 0 unspecified atom stereocenters. The lowest BCUT2D eigenvalue weighted by molar-refractivity contribution is -0.138. The maximum Gasteiger partial charge on any atom is 0.278 e. The van der Waals surface area contributed by atoms with E-state index in [-0.39, 0.29) is 17.3 Å². The van der Waals surface area contributed by atoms with Crippen molar-refractivity contribution in [2.24, 2.45) is 0 Å². The number of halogens is 2. The maximum atomic E-state index is 13.0. The van der Waals surface area contributed by atoms with Crippen LogP contribution >= 0.6 is 23.2 Å². The van der Waals surface area contributed by atoms with E-state index in [4.69, 9.17) is 27.9 Å². The van der Waals surface area contributed by atoms with Crippen molar-refractivity contribution in [3.05, 3.63) is 63.8 Å². The third-order valence-corrected chi connectivity index (χ3v) is 4.74. The molecule has 1 N–H and O–H groups in total. The van der Waals surface area contributed by atoms with Gasteiger partial charge in [-0.2, -0.15) is 0 Å². The summed E-state index contributed by atoms with van der Waals surface area (Å²) in [5, 5.41) is 3.82. The molecule has 0 aliphatic carbocycles. The van der Waals surface area contributed by atoms with Gasteiger partial charge >= 0.3 is 0 Å². The second-order valence-corrected chi connectivity index (χ2v) is 7.15. The molecule has 5 nitrogen and oxygen atoms in total. The molecule has 27 heavy (non-hydrogen) atoms. The van der Waals surface area contributed by atoms with Crippen molar-refractivity contribution in [3.8, 4) is 5.75 Å². The van der Waals surface area contributed by atoms with Gasteiger partial charge in [0.05, 0.1) is 17.7 Å². The largest absolute Gasteiger partial charge is 0.497 e. The quantitative estimate of drug-likeness (QED) is 0.739. The SMILES string of the molecule is COc1ccc(NC2=C(c3ccc(Cl)cc3Cl)C(=O)N(C(C)C)C2=O)cc1. The summed E-state index contributed by atoms with van der Waals surface area (Å²) in [6, 6.07) is 11.6. The molecule has 1 aliphatic rings. The Bertz CT molecular complexity index is 937. The molecule has 0 bridgehead atoms. The molecule has 0 spiro atoms. The molecule has 2 aromatic rings. The first kappa shape index (κ1) is 19.3. The topological polar surface area (TPSA) is 58.6 Å². The average Bonchev–Trinajstić information content (AvgIpc) is 2.86. The number of imide groups is 1. The van der Waals surface area contributed by atoms with Gasteiger partial charge in [-0.05, 0) is 50.2 Å². The zero-order valence-electron chi connectivity index (χ0n) is 15.0. The van der Waals surface area contributed by atoms with Gasteiger partial charge in [-0.3, -0.25) is 14.5 Å². The van der Waals surface area contributed by atoms with E-state index in [0.29, 0.717) is 27.0 Å². The lowest BCUT2D eigenvalue weighted by Gasteiger charge is -2.19. The Kier molecular flexibility index (Phi) is 5.44. The highest BCUT2D eigenvalue weighted by Crippen LogP contribution is 2.36. The highest BCUT2D eigenvalue weighted by molar-refractivity contribution is 6.41.